The number of benzene rings is 1. The summed E-state index contributed by atoms with van der Waals surface area (Å²) in [6.07, 6.45) is 5.46. The maximum absolute atomic E-state index is 13.7. The summed E-state index contributed by atoms with van der Waals surface area (Å²) in [4.78, 5) is 33.6. The number of aromatic nitrogens is 2. The number of hydrogen-bond acceptors (Lipinski definition) is 6. The van der Waals surface area contributed by atoms with Gasteiger partial charge in [-0.1, -0.05) is 43.0 Å². The van der Waals surface area contributed by atoms with Crippen LogP contribution in [0.3, 0.4) is 0 Å². The molecular weight excluding hydrogens is 422 g/mol. The number of para-hydroxylation sites is 1. The molecule has 0 N–H and O–H groups in total. The molecule has 2 aliphatic rings. The first-order chi connectivity index (χ1) is 15.5. The Labute approximate surface area is 194 Å². The Hall–Kier alpha value is -2.32. The summed E-state index contributed by atoms with van der Waals surface area (Å²) in [6.45, 7) is 5.76. The molecule has 0 saturated carbocycles. The number of aryl methyl sites for hydroxylation is 1. The zero-order chi connectivity index (χ0) is 22.7. The van der Waals surface area contributed by atoms with Gasteiger partial charge < -0.3 is 9.80 Å². The largest absolute Gasteiger partial charge is 0.332 e. The molecule has 4 rings (SSSR count). The van der Waals surface area contributed by atoms with E-state index >= 15 is 0 Å². The van der Waals surface area contributed by atoms with Crippen molar-refractivity contribution in [1.82, 2.24) is 19.4 Å². The van der Waals surface area contributed by atoms with Gasteiger partial charge in [-0.3, -0.25) is 14.5 Å². The highest BCUT2D eigenvalue weighted by molar-refractivity contribution is 7.08. The quantitative estimate of drug-likeness (QED) is 0.705. The topological polar surface area (TPSA) is 69.6 Å². The van der Waals surface area contributed by atoms with E-state index in [2.05, 4.69) is 21.5 Å². The smallest absolute Gasteiger partial charge is 0.267 e. The molecule has 1 fully saturated rings. The van der Waals surface area contributed by atoms with Gasteiger partial charge in [0.1, 0.15) is 4.88 Å². The maximum atomic E-state index is 13.7. The molecule has 3 heterocycles. The first kappa shape index (κ1) is 22.9. The molecule has 2 atom stereocenters. The van der Waals surface area contributed by atoms with Gasteiger partial charge in [-0.15, -0.1) is 5.10 Å². The Bertz CT molecular complexity index is 961. The van der Waals surface area contributed by atoms with Gasteiger partial charge in [0.2, 0.25) is 5.91 Å². The minimum Gasteiger partial charge on any atom is -0.332 e. The van der Waals surface area contributed by atoms with Crippen LogP contribution in [0.15, 0.2) is 24.3 Å². The van der Waals surface area contributed by atoms with Gasteiger partial charge in [0.25, 0.3) is 5.91 Å². The van der Waals surface area contributed by atoms with Crippen molar-refractivity contribution in [1.29, 1.82) is 0 Å². The number of rotatable bonds is 3. The highest BCUT2D eigenvalue weighted by atomic mass is 32.1. The highest BCUT2D eigenvalue weighted by Gasteiger charge is 2.33. The lowest BCUT2D eigenvalue weighted by molar-refractivity contribution is -0.118. The normalized spacial score (nSPS) is 22.2. The van der Waals surface area contributed by atoms with Crippen molar-refractivity contribution in [2.45, 2.75) is 71.0 Å². The van der Waals surface area contributed by atoms with Crippen LogP contribution >= 0.6 is 11.5 Å². The number of likely N-dealkylation sites (N-methyl/N-ethyl adjacent to an activating group) is 1. The molecule has 8 heteroatoms. The molecule has 32 heavy (non-hydrogen) atoms. The second-order valence-corrected chi connectivity index (χ2v) is 9.56. The molecule has 172 valence electrons. The lowest BCUT2D eigenvalue weighted by Crippen LogP contribution is -2.50. The number of hydrogen-bond donors (Lipinski definition) is 0. The van der Waals surface area contributed by atoms with Crippen LogP contribution in [-0.2, 0) is 17.8 Å². The fraction of sp³-hybridized carbons (Fsp3) is 0.583. The van der Waals surface area contributed by atoms with Gasteiger partial charge in [0.05, 0.1) is 5.69 Å². The molecule has 0 spiro atoms. The van der Waals surface area contributed by atoms with E-state index in [-0.39, 0.29) is 11.8 Å². The Morgan fingerprint density at radius 2 is 1.91 bits per heavy atom. The molecule has 2 aliphatic heterocycles. The Kier molecular flexibility index (Phi) is 7.20. The zero-order valence-corrected chi connectivity index (χ0v) is 20.1. The molecule has 0 aliphatic carbocycles. The van der Waals surface area contributed by atoms with E-state index in [4.69, 9.17) is 0 Å². The summed E-state index contributed by atoms with van der Waals surface area (Å²) in [7, 11) is 2.18. The molecule has 1 aromatic carbocycles. The monoisotopic (exact) mass is 455 g/mol. The van der Waals surface area contributed by atoms with Crippen molar-refractivity contribution in [3.8, 4) is 0 Å². The summed E-state index contributed by atoms with van der Waals surface area (Å²) in [5, 5.41) is 4.17. The molecule has 2 bridgehead atoms. The summed E-state index contributed by atoms with van der Waals surface area (Å²) < 4.78 is 4.05. The van der Waals surface area contributed by atoms with Crippen molar-refractivity contribution in [3.63, 3.8) is 0 Å². The number of carbonyl (C=O) groups excluding carboxylic acids is 2. The van der Waals surface area contributed by atoms with Crippen LogP contribution in [0.4, 0.5) is 5.69 Å². The lowest BCUT2D eigenvalue weighted by atomic mass is 9.93. The SMILES string of the molecule is CCC(=O)N1CCC2CCCC(CN(C(=O)c3snnc3CC)Cc3ccccc31)N2C. The fourth-order valence-corrected chi connectivity index (χ4v) is 5.76. The Morgan fingerprint density at radius 1 is 1.12 bits per heavy atom. The zero-order valence-electron chi connectivity index (χ0n) is 19.3. The third kappa shape index (κ3) is 4.57. The van der Waals surface area contributed by atoms with Crippen molar-refractivity contribution < 1.29 is 9.59 Å². The molecular formula is C24H33N5O2S. The van der Waals surface area contributed by atoms with Gasteiger partial charge >= 0.3 is 0 Å². The lowest BCUT2D eigenvalue weighted by Gasteiger charge is -2.41. The van der Waals surface area contributed by atoms with Crippen molar-refractivity contribution in [3.05, 3.63) is 40.4 Å². The van der Waals surface area contributed by atoms with Gasteiger partial charge in [-0.2, -0.15) is 0 Å². The first-order valence-corrected chi connectivity index (χ1v) is 12.5. The number of amides is 2. The van der Waals surface area contributed by atoms with E-state index in [9.17, 15) is 9.59 Å². The highest BCUT2D eigenvalue weighted by Crippen LogP contribution is 2.30. The molecule has 1 saturated heterocycles. The number of anilines is 1. The number of nitrogens with zero attached hydrogens (tertiary/aromatic N) is 5. The Balaban J connectivity index is 1.76. The minimum absolute atomic E-state index is 0.00482. The fourth-order valence-electron chi connectivity index (χ4n) is 5.04. The van der Waals surface area contributed by atoms with Gasteiger partial charge in [0.15, 0.2) is 0 Å². The van der Waals surface area contributed by atoms with Crippen LogP contribution in [-0.4, -0.2) is 63.4 Å². The van der Waals surface area contributed by atoms with Gasteiger partial charge in [-0.25, -0.2) is 0 Å². The summed E-state index contributed by atoms with van der Waals surface area (Å²) >= 11 is 1.19. The molecule has 2 unspecified atom stereocenters. The summed E-state index contributed by atoms with van der Waals surface area (Å²) in [5.74, 6) is 0.124. The van der Waals surface area contributed by atoms with Crippen LogP contribution in [0.25, 0.3) is 0 Å². The van der Waals surface area contributed by atoms with Crippen molar-refractivity contribution in [2.24, 2.45) is 0 Å². The second-order valence-electron chi connectivity index (χ2n) is 8.81. The van der Waals surface area contributed by atoms with Crippen molar-refractivity contribution >= 4 is 29.0 Å². The third-order valence-electron chi connectivity index (χ3n) is 6.96. The molecule has 1 aromatic heterocycles. The van der Waals surface area contributed by atoms with E-state index in [1.807, 2.05) is 47.9 Å². The van der Waals surface area contributed by atoms with Crippen LogP contribution in [0, 0.1) is 0 Å². The van der Waals surface area contributed by atoms with Crippen LogP contribution < -0.4 is 4.90 Å². The molecule has 2 amide bonds. The van der Waals surface area contributed by atoms with E-state index < -0.39 is 0 Å². The Morgan fingerprint density at radius 3 is 2.69 bits per heavy atom. The van der Waals surface area contributed by atoms with Crippen LogP contribution in [0.2, 0.25) is 0 Å². The van der Waals surface area contributed by atoms with Crippen LogP contribution in [0.5, 0.6) is 0 Å². The standard InChI is InChI=1S/C24H33N5O2S/c1-4-20-23(32-26-25-20)24(31)28-15-17-9-6-7-12-21(17)29(22(30)5-2)14-13-18-10-8-11-19(16-28)27(18)3/h6-7,9,12,18-19H,4-5,8,10-11,13-16H2,1-3H3. The van der Waals surface area contributed by atoms with Gasteiger partial charge in [0, 0.05) is 43.8 Å². The number of carbonyl (C=O) groups is 2. The minimum atomic E-state index is -0.00482. The average molecular weight is 456 g/mol. The molecule has 0 radical (unpaired) electrons. The average Bonchev–Trinajstić information content (AvgIpc) is 3.29. The van der Waals surface area contributed by atoms with E-state index in [1.165, 1.54) is 11.5 Å². The second kappa shape index (κ2) is 10.1. The third-order valence-corrected chi connectivity index (χ3v) is 7.72. The van der Waals surface area contributed by atoms with Crippen molar-refractivity contribution in [2.75, 3.05) is 25.0 Å². The maximum Gasteiger partial charge on any atom is 0.267 e. The summed E-state index contributed by atoms with van der Waals surface area (Å²) in [5.41, 5.74) is 2.70. The van der Waals surface area contributed by atoms with E-state index in [0.29, 0.717) is 49.4 Å². The summed E-state index contributed by atoms with van der Waals surface area (Å²) in [6, 6.07) is 8.76. The van der Waals surface area contributed by atoms with Gasteiger partial charge in [-0.05, 0) is 55.9 Å². The molecule has 7 nitrogen and oxygen atoms in total. The first-order valence-electron chi connectivity index (χ1n) is 11.7. The predicted octanol–water partition coefficient (Wildman–Crippen LogP) is 3.74. The predicted molar refractivity (Wildman–Crippen MR) is 127 cm³/mol. The van der Waals surface area contributed by atoms with Crippen LogP contribution in [0.1, 0.15) is 66.9 Å². The van der Waals surface area contributed by atoms with E-state index in [0.717, 1.165) is 42.6 Å². The number of piperidine rings is 1. The van der Waals surface area contributed by atoms with E-state index in [1.54, 1.807) is 0 Å². The number of fused-ring (bicyclic) bond motifs is 3. The molecule has 2 aromatic rings.